The molecule has 0 radical (unpaired) electrons. The third-order valence-electron chi connectivity index (χ3n) is 4.34. The van der Waals surface area contributed by atoms with Crippen molar-refractivity contribution in [3.8, 4) is 11.5 Å². The van der Waals surface area contributed by atoms with Gasteiger partial charge < -0.3 is 15.2 Å². The monoisotopic (exact) mass is 314 g/mol. The molecule has 120 valence electrons. The zero-order valence-corrected chi connectivity index (χ0v) is 14.0. The minimum atomic E-state index is 0. The number of hydrogen-bond donors (Lipinski definition) is 1. The molecule has 1 aromatic rings. The quantitative estimate of drug-likeness (QED) is 0.908. The van der Waals surface area contributed by atoms with E-state index in [0.29, 0.717) is 12.0 Å². The number of piperidine rings is 1. The highest BCUT2D eigenvalue weighted by Gasteiger charge is 2.27. The van der Waals surface area contributed by atoms with Crippen LogP contribution in [0, 0.1) is 5.92 Å². The maximum absolute atomic E-state index is 5.96. The van der Waals surface area contributed by atoms with Gasteiger partial charge in [-0.05, 0) is 31.4 Å². The van der Waals surface area contributed by atoms with Crippen LogP contribution in [0.4, 0.5) is 0 Å². The normalized spacial score (nSPS) is 22.5. The summed E-state index contributed by atoms with van der Waals surface area (Å²) in [4.78, 5) is 2.48. The van der Waals surface area contributed by atoms with Crippen molar-refractivity contribution in [3.63, 3.8) is 0 Å². The number of methoxy groups -OCH3 is 2. The topological polar surface area (TPSA) is 47.7 Å². The van der Waals surface area contributed by atoms with Gasteiger partial charge in [0.2, 0.25) is 0 Å². The lowest BCUT2D eigenvalue weighted by atomic mass is 9.90. The van der Waals surface area contributed by atoms with Crippen LogP contribution in [0.1, 0.15) is 25.3 Å². The molecule has 1 fully saturated rings. The average molecular weight is 315 g/mol. The van der Waals surface area contributed by atoms with Crippen molar-refractivity contribution in [1.82, 2.24) is 4.90 Å². The lowest BCUT2D eigenvalue weighted by molar-refractivity contribution is 0.0981. The summed E-state index contributed by atoms with van der Waals surface area (Å²) < 4.78 is 10.7. The van der Waals surface area contributed by atoms with Crippen LogP contribution in [0.3, 0.4) is 0 Å². The zero-order valence-electron chi connectivity index (χ0n) is 13.2. The Kier molecular flexibility index (Phi) is 7.29. The molecular weight excluding hydrogens is 288 g/mol. The predicted molar refractivity (Wildman–Crippen MR) is 88.4 cm³/mol. The molecular formula is C16H27ClN2O2. The Bertz CT molecular complexity index is 442. The highest BCUT2D eigenvalue weighted by Crippen LogP contribution is 2.29. The second-order valence-corrected chi connectivity index (χ2v) is 5.57. The molecule has 0 aromatic heterocycles. The third-order valence-corrected chi connectivity index (χ3v) is 4.34. The molecule has 1 aliphatic rings. The average Bonchev–Trinajstić information content (AvgIpc) is 2.48. The Labute approximate surface area is 134 Å². The van der Waals surface area contributed by atoms with Crippen molar-refractivity contribution >= 4 is 12.4 Å². The molecule has 2 atom stereocenters. The fourth-order valence-electron chi connectivity index (χ4n) is 3.11. The van der Waals surface area contributed by atoms with Crippen LogP contribution in [0.25, 0.3) is 0 Å². The number of nitrogens with two attached hydrogens (primary N) is 1. The highest BCUT2D eigenvalue weighted by molar-refractivity contribution is 5.85. The van der Waals surface area contributed by atoms with Gasteiger partial charge in [-0.2, -0.15) is 0 Å². The van der Waals surface area contributed by atoms with E-state index >= 15 is 0 Å². The predicted octanol–water partition coefficient (Wildman–Crippen LogP) is 2.68. The smallest absolute Gasteiger partial charge is 0.127 e. The number of nitrogens with zero attached hydrogens (tertiary/aromatic N) is 1. The van der Waals surface area contributed by atoms with Crippen molar-refractivity contribution in [2.45, 2.75) is 32.4 Å². The van der Waals surface area contributed by atoms with Crippen LogP contribution in [0.2, 0.25) is 0 Å². The largest absolute Gasteiger partial charge is 0.497 e. The maximum atomic E-state index is 5.96. The molecule has 4 nitrogen and oxygen atoms in total. The molecule has 2 N–H and O–H groups in total. The van der Waals surface area contributed by atoms with Crippen molar-refractivity contribution in [1.29, 1.82) is 0 Å². The number of halogens is 1. The molecule has 0 bridgehead atoms. The molecule has 5 heteroatoms. The van der Waals surface area contributed by atoms with Gasteiger partial charge in [0.05, 0.1) is 14.2 Å². The van der Waals surface area contributed by atoms with E-state index in [0.717, 1.165) is 31.1 Å². The highest BCUT2D eigenvalue weighted by atomic mass is 35.5. The minimum absolute atomic E-state index is 0. The van der Waals surface area contributed by atoms with Gasteiger partial charge in [-0.15, -0.1) is 12.4 Å². The summed E-state index contributed by atoms with van der Waals surface area (Å²) in [7, 11) is 3.38. The van der Waals surface area contributed by atoms with E-state index in [-0.39, 0.29) is 12.4 Å². The maximum Gasteiger partial charge on any atom is 0.127 e. The minimum Gasteiger partial charge on any atom is -0.497 e. The van der Waals surface area contributed by atoms with Gasteiger partial charge in [0.15, 0.2) is 0 Å². The molecule has 1 aliphatic heterocycles. The van der Waals surface area contributed by atoms with Crippen LogP contribution < -0.4 is 15.2 Å². The Balaban J connectivity index is 0.00000220. The van der Waals surface area contributed by atoms with Gasteiger partial charge in [0, 0.05) is 30.8 Å². The summed E-state index contributed by atoms with van der Waals surface area (Å²) in [6, 6.07) is 6.49. The molecule has 1 saturated heterocycles. The summed E-state index contributed by atoms with van der Waals surface area (Å²) in [6.07, 6.45) is 2.52. The number of benzene rings is 1. The van der Waals surface area contributed by atoms with Crippen LogP contribution in [-0.2, 0) is 6.54 Å². The lowest BCUT2D eigenvalue weighted by Crippen LogP contribution is -2.48. The molecule has 2 rings (SSSR count). The first-order valence-corrected chi connectivity index (χ1v) is 7.34. The van der Waals surface area contributed by atoms with Gasteiger partial charge in [0.1, 0.15) is 11.5 Å². The van der Waals surface area contributed by atoms with Gasteiger partial charge in [-0.3, -0.25) is 4.90 Å². The molecule has 0 saturated carbocycles. The summed E-state index contributed by atoms with van der Waals surface area (Å²) in [5.74, 6) is 2.38. The molecule has 0 spiro atoms. The third kappa shape index (κ3) is 4.25. The molecule has 1 heterocycles. The fraction of sp³-hybridized carbons (Fsp3) is 0.625. The first kappa shape index (κ1) is 18.1. The Hall–Kier alpha value is -0.970. The molecule has 2 unspecified atom stereocenters. The number of ether oxygens (including phenoxy) is 2. The van der Waals surface area contributed by atoms with Gasteiger partial charge in [0.25, 0.3) is 0 Å². The van der Waals surface area contributed by atoms with Crippen molar-refractivity contribution in [2.24, 2.45) is 11.7 Å². The van der Waals surface area contributed by atoms with Crippen LogP contribution in [0.5, 0.6) is 11.5 Å². The summed E-state index contributed by atoms with van der Waals surface area (Å²) in [6.45, 7) is 5.02. The molecule has 21 heavy (non-hydrogen) atoms. The van der Waals surface area contributed by atoms with Crippen molar-refractivity contribution < 1.29 is 9.47 Å². The Morgan fingerprint density at radius 3 is 2.67 bits per heavy atom. The number of likely N-dealkylation sites (tertiary alicyclic amines) is 1. The Morgan fingerprint density at radius 2 is 2.05 bits per heavy atom. The van der Waals surface area contributed by atoms with E-state index in [1.54, 1.807) is 14.2 Å². The van der Waals surface area contributed by atoms with Gasteiger partial charge in [-0.1, -0.05) is 13.0 Å². The van der Waals surface area contributed by atoms with E-state index in [9.17, 15) is 0 Å². The first-order valence-electron chi connectivity index (χ1n) is 7.34. The van der Waals surface area contributed by atoms with E-state index < -0.39 is 0 Å². The first-order chi connectivity index (χ1) is 9.69. The second kappa shape index (κ2) is 8.47. The van der Waals surface area contributed by atoms with E-state index in [4.69, 9.17) is 15.2 Å². The van der Waals surface area contributed by atoms with Crippen molar-refractivity contribution in [2.75, 3.05) is 27.3 Å². The van der Waals surface area contributed by atoms with Gasteiger partial charge in [-0.25, -0.2) is 0 Å². The summed E-state index contributed by atoms with van der Waals surface area (Å²) in [5, 5.41) is 0. The lowest BCUT2D eigenvalue weighted by Gasteiger charge is -2.39. The van der Waals surface area contributed by atoms with Crippen LogP contribution in [-0.4, -0.2) is 38.3 Å². The van der Waals surface area contributed by atoms with Crippen LogP contribution in [0.15, 0.2) is 18.2 Å². The summed E-state index contributed by atoms with van der Waals surface area (Å²) in [5.41, 5.74) is 7.16. The van der Waals surface area contributed by atoms with E-state index in [1.165, 1.54) is 18.4 Å². The molecule has 0 amide bonds. The molecule has 1 aromatic carbocycles. The Morgan fingerprint density at radius 1 is 1.29 bits per heavy atom. The fourth-order valence-corrected chi connectivity index (χ4v) is 3.11. The van der Waals surface area contributed by atoms with Crippen LogP contribution >= 0.6 is 12.4 Å². The number of rotatable bonds is 5. The second-order valence-electron chi connectivity index (χ2n) is 5.57. The van der Waals surface area contributed by atoms with E-state index in [1.807, 2.05) is 12.1 Å². The number of hydrogen-bond acceptors (Lipinski definition) is 4. The zero-order chi connectivity index (χ0) is 14.5. The summed E-state index contributed by atoms with van der Waals surface area (Å²) >= 11 is 0. The van der Waals surface area contributed by atoms with Crippen molar-refractivity contribution in [3.05, 3.63) is 23.8 Å². The van der Waals surface area contributed by atoms with Gasteiger partial charge >= 0.3 is 0 Å². The SMILES string of the molecule is COc1ccc(CN2CCCC(C)C2CN)c(OC)c1.Cl. The molecule has 0 aliphatic carbocycles. The standard InChI is InChI=1S/C16H26N2O2.ClH/c1-12-5-4-8-18(15(12)10-17)11-13-6-7-14(19-2)9-16(13)20-3;/h6-7,9,12,15H,4-5,8,10-11,17H2,1-3H3;1H. The van der Waals surface area contributed by atoms with E-state index in [2.05, 4.69) is 17.9 Å².